The number of nitrogens with one attached hydrogen (secondary N) is 1. The van der Waals surface area contributed by atoms with Crippen LogP contribution in [0.4, 0.5) is 0 Å². The maximum absolute atomic E-state index is 12.4. The number of rotatable bonds is 9. The van der Waals surface area contributed by atoms with Gasteiger partial charge < -0.3 is 10.2 Å². The van der Waals surface area contributed by atoms with Crippen LogP contribution in [0.5, 0.6) is 0 Å². The highest BCUT2D eigenvalue weighted by Crippen LogP contribution is 2.22. The minimum atomic E-state index is 0.187. The monoisotopic (exact) mass is 394 g/mol. The zero-order chi connectivity index (χ0) is 19.8. The summed E-state index contributed by atoms with van der Waals surface area (Å²) in [6.07, 6.45) is 7.65. The van der Waals surface area contributed by atoms with Crippen molar-refractivity contribution < 1.29 is 14.4 Å². The Morgan fingerprint density at radius 1 is 1.04 bits per heavy atom. The Morgan fingerprint density at radius 3 is 2.57 bits per heavy atom. The van der Waals surface area contributed by atoms with Gasteiger partial charge in [0.2, 0.25) is 11.8 Å². The number of hydrogen-bond acceptors (Lipinski definition) is 5. The molecule has 0 aromatic heterocycles. The first-order valence-electron chi connectivity index (χ1n) is 11.3. The van der Waals surface area contributed by atoms with Gasteiger partial charge in [-0.1, -0.05) is 6.92 Å². The number of amides is 2. The second-order valence-electron chi connectivity index (χ2n) is 8.46. The highest BCUT2D eigenvalue weighted by Gasteiger charge is 2.25. The van der Waals surface area contributed by atoms with Crippen LogP contribution in [-0.2, 0) is 14.4 Å². The van der Waals surface area contributed by atoms with Gasteiger partial charge in [-0.2, -0.15) is 5.06 Å². The van der Waals surface area contributed by atoms with Crippen LogP contribution in [0.25, 0.3) is 0 Å². The zero-order valence-corrected chi connectivity index (χ0v) is 17.5. The van der Waals surface area contributed by atoms with Crippen LogP contribution in [0.3, 0.4) is 0 Å². The van der Waals surface area contributed by atoms with E-state index in [1.807, 2.05) is 9.96 Å². The Kier molecular flexibility index (Phi) is 8.55. The van der Waals surface area contributed by atoms with Gasteiger partial charge in [-0.25, -0.2) is 0 Å². The molecule has 3 saturated heterocycles. The van der Waals surface area contributed by atoms with E-state index in [4.69, 9.17) is 4.84 Å². The fraction of sp³-hybridized carbons (Fsp3) is 0.905. The molecule has 0 radical (unpaired) electrons. The van der Waals surface area contributed by atoms with Crippen molar-refractivity contribution >= 4 is 11.8 Å². The van der Waals surface area contributed by atoms with Crippen molar-refractivity contribution in [1.82, 2.24) is 20.2 Å². The predicted octanol–water partition coefficient (Wildman–Crippen LogP) is 1.63. The summed E-state index contributed by atoms with van der Waals surface area (Å²) in [4.78, 5) is 34.5. The number of likely N-dealkylation sites (N-methyl/N-ethyl adjacent to an activating group) is 1. The summed E-state index contributed by atoms with van der Waals surface area (Å²) in [6, 6.07) is 0.522. The number of hydrogen-bond donors (Lipinski definition) is 1. The highest BCUT2D eigenvalue weighted by molar-refractivity contribution is 5.76. The molecule has 3 aliphatic heterocycles. The maximum atomic E-state index is 12.4. The number of carbonyl (C=O) groups excluding carboxylic acids is 2. The molecule has 0 aromatic carbocycles. The van der Waals surface area contributed by atoms with Gasteiger partial charge in [0, 0.05) is 51.6 Å². The van der Waals surface area contributed by atoms with E-state index in [1.54, 1.807) is 0 Å². The second kappa shape index (κ2) is 11.1. The lowest BCUT2D eigenvalue weighted by Crippen LogP contribution is -2.41. The SMILES string of the molecule is CCN1CCC[C@H]1CNC(=O)CCC1CCN(C(=O)CCN2CCCO2)CC1. The lowest BCUT2D eigenvalue weighted by Gasteiger charge is -2.32. The fourth-order valence-electron chi connectivity index (χ4n) is 4.72. The minimum absolute atomic E-state index is 0.187. The van der Waals surface area contributed by atoms with Crippen LogP contribution in [0.1, 0.15) is 58.3 Å². The van der Waals surface area contributed by atoms with Crippen molar-refractivity contribution in [2.24, 2.45) is 5.92 Å². The van der Waals surface area contributed by atoms with Crippen LogP contribution in [0.15, 0.2) is 0 Å². The summed E-state index contributed by atoms with van der Waals surface area (Å²) < 4.78 is 0. The van der Waals surface area contributed by atoms with Gasteiger partial charge >= 0.3 is 0 Å². The van der Waals surface area contributed by atoms with Crippen LogP contribution in [0, 0.1) is 5.92 Å². The Balaban J connectivity index is 1.25. The smallest absolute Gasteiger partial charge is 0.223 e. The molecule has 3 rings (SSSR count). The van der Waals surface area contributed by atoms with Crippen molar-refractivity contribution in [3.05, 3.63) is 0 Å². The van der Waals surface area contributed by atoms with E-state index in [0.717, 1.165) is 65.0 Å². The molecular weight excluding hydrogens is 356 g/mol. The normalized spacial score (nSPS) is 24.8. The average molecular weight is 395 g/mol. The first-order chi connectivity index (χ1) is 13.7. The summed E-state index contributed by atoms with van der Waals surface area (Å²) in [5.41, 5.74) is 0. The van der Waals surface area contributed by atoms with E-state index in [1.165, 1.54) is 19.4 Å². The van der Waals surface area contributed by atoms with Crippen LogP contribution in [0.2, 0.25) is 0 Å². The second-order valence-corrected chi connectivity index (χ2v) is 8.46. The summed E-state index contributed by atoms with van der Waals surface area (Å²) in [5, 5.41) is 5.05. The van der Waals surface area contributed by atoms with Crippen molar-refractivity contribution in [1.29, 1.82) is 0 Å². The molecule has 3 aliphatic rings. The first kappa shape index (κ1) is 21.5. The number of carbonyl (C=O) groups is 2. The molecule has 0 bridgehead atoms. The largest absolute Gasteiger partial charge is 0.355 e. The third-order valence-corrected chi connectivity index (χ3v) is 6.59. The molecule has 0 unspecified atom stereocenters. The Morgan fingerprint density at radius 2 is 1.86 bits per heavy atom. The third-order valence-electron chi connectivity index (χ3n) is 6.59. The molecule has 2 amide bonds. The van der Waals surface area contributed by atoms with E-state index < -0.39 is 0 Å². The molecular formula is C21H38N4O3. The van der Waals surface area contributed by atoms with Gasteiger partial charge in [0.05, 0.1) is 6.61 Å². The number of likely N-dealkylation sites (tertiary alicyclic amines) is 2. The number of nitrogens with zero attached hydrogens (tertiary/aromatic N) is 3. The number of piperidine rings is 1. The molecule has 160 valence electrons. The van der Waals surface area contributed by atoms with Gasteiger partial charge in [-0.05, 0) is 57.5 Å². The van der Waals surface area contributed by atoms with E-state index in [0.29, 0.717) is 31.3 Å². The number of hydroxylamine groups is 2. The van der Waals surface area contributed by atoms with Gasteiger partial charge in [0.1, 0.15) is 0 Å². The summed E-state index contributed by atoms with van der Waals surface area (Å²) >= 11 is 0. The van der Waals surface area contributed by atoms with Crippen molar-refractivity contribution in [3.63, 3.8) is 0 Å². The van der Waals surface area contributed by atoms with Gasteiger partial charge in [0.15, 0.2) is 0 Å². The summed E-state index contributed by atoms with van der Waals surface area (Å²) in [7, 11) is 0. The molecule has 3 fully saturated rings. The minimum Gasteiger partial charge on any atom is -0.355 e. The van der Waals surface area contributed by atoms with E-state index in [9.17, 15) is 9.59 Å². The Labute approximate surface area is 169 Å². The van der Waals surface area contributed by atoms with Gasteiger partial charge in [0.25, 0.3) is 0 Å². The molecule has 0 aromatic rings. The topological polar surface area (TPSA) is 65.1 Å². The Hall–Kier alpha value is -1.18. The standard InChI is InChI=1S/C21H38N4O3/c1-2-23-11-3-5-19(23)17-22-20(26)7-6-18-8-13-24(14-9-18)21(27)10-15-25-12-4-16-28-25/h18-19H,2-17H2,1H3,(H,22,26)/t19-/m0/s1. The van der Waals surface area contributed by atoms with Crippen molar-refractivity contribution in [2.45, 2.75) is 64.3 Å². The van der Waals surface area contributed by atoms with Crippen molar-refractivity contribution in [2.75, 3.05) is 52.4 Å². The van der Waals surface area contributed by atoms with Gasteiger partial charge in [-0.15, -0.1) is 0 Å². The van der Waals surface area contributed by atoms with Crippen LogP contribution >= 0.6 is 0 Å². The molecule has 0 aliphatic carbocycles. The summed E-state index contributed by atoms with van der Waals surface area (Å²) in [6.45, 7) is 9.31. The molecule has 0 saturated carbocycles. The maximum Gasteiger partial charge on any atom is 0.223 e. The Bertz CT molecular complexity index is 502. The lowest BCUT2D eigenvalue weighted by atomic mass is 9.92. The van der Waals surface area contributed by atoms with E-state index in [-0.39, 0.29) is 11.8 Å². The predicted molar refractivity (Wildman–Crippen MR) is 109 cm³/mol. The van der Waals surface area contributed by atoms with Crippen molar-refractivity contribution in [3.8, 4) is 0 Å². The zero-order valence-electron chi connectivity index (χ0n) is 17.5. The highest BCUT2D eigenvalue weighted by atomic mass is 16.7. The van der Waals surface area contributed by atoms with Crippen LogP contribution in [-0.4, -0.2) is 85.1 Å². The first-order valence-corrected chi connectivity index (χ1v) is 11.3. The van der Waals surface area contributed by atoms with E-state index >= 15 is 0 Å². The molecule has 0 spiro atoms. The third kappa shape index (κ3) is 6.42. The molecule has 7 nitrogen and oxygen atoms in total. The molecule has 28 heavy (non-hydrogen) atoms. The van der Waals surface area contributed by atoms with Gasteiger partial charge in [-0.3, -0.25) is 19.3 Å². The fourth-order valence-corrected chi connectivity index (χ4v) is 4.72. The molecule has 1 atom stereocenters. The molecule has 1 N–H and O–H groups in total. The van der Waals surface area contributed by atoms with Crippen LogP contribution < -0.4 is 5.32 Å². The average Bonchev–Trinajstić information content (AvgIpc) is 3.40. The van der Waals surface area contributed by atoms with E-state index in [2.05, 4.69) is 17.1 Å². The molecule has 7 heteroatoms. The quantitative estimate of drug-likeness (QED) is 0.644. The molecule has 3 heterocycles. The lowest BCUT2D eigenvalue weighted by molar-refractivity contribution is -0.140. The summed E-state index contributed by atoms with van der Waals surface area (Å²) in [5.74, 6) is 0.992.